The van der Waals surface area contributed by atoms with Crippen molar-refractivity contribution in [3.8, 4) is 0 Å². The van der Waals surface area contributed by atoms with E-state index in [1.54, 1.807) is 0 Å². The van der Waals surface area contributed by atoms with E-state index in [0.29, 0.717) is 12.1 Å². The molecule has 1 aliphatic carbocycles. The van der Waals surface area contributed by atoms with Crippen LogP contribution >= 0.6 is 0 Å². The van der Waals surface area contributed by atoms with Gasteiger partial charge >= 0.3 is 0 Å². The number of hydrogen-bond acceptors (Lipinski definition) is 4. The van der Waals surface area contributed by atoms with Gasteiger partial charge in [-0.15, -0.1) is 0 Å². The third-order valence-electron chi connectivity index (χ3n) is 4.02. The van der Waals surface area contributed by atoms with Crippen LogP contribution in [0.25, 0.3) is 0 Å². The Morgan fingerprint density at radius 1 is 1.35 bits per heavy atom. The van der Waals surface area contributed by atoms with Gasteiger partial charge in [0.1, 0.15) is 0 Å². The topological polar surface area (TPSA) is 38.7 Å². The van der Waals surface area contributed by atoms with Crippen molar-refractivity contribution in [3.05, 3.63) is 0 Å². The lowest BCUT2D eigenvalue weighted by atomic mass is 10.1. The third-order valence-corrected chi connectivity index (χ3v) is 4.02. The molecule has 4 nitrogen and oxygen atoms in total. The lowest BCUT2D eigenvalue weighted by Crippen LogP contribution is -2.53. The fraction of sp³-hybridized carbons (Fsp3) is 1.00. The average Bonchev–Trinajstić information content (AvgIpc) is 3.13. The molecule has 17 heavy (non-hydrogen) atoms. The van der Waals surface area contributed by atoms with Crippen LogP contribution in [-0.2, 0) is 0 Å². The second kappa shape index (κ2) is 6.14. The van der Waals surface area contributed by atoms with Gasteiger partial charge in [0.25, 0.3) is 0 Å². The molecule has 2 N–H and O–H groups in total. The first-order chi connectivity index (χ1) is 8.19. The summed E-state index contributed by atoms with van der Waals surface area (Å²) >= 11 is 0. The molecule has 0 bridgehead atoms. The summed E-state index contributed by atoms with van der Waals surface area (Å²) in [5, 5.41) is 13.4. The first-order valence-corrected chi connectivity index (χ1v) is 7.03. The van der Waals surface area contributed by atoms with Crippen LogP contribution in [0.15, 0.2) is 0 Å². The van der Waals surface area contributed by atoms with Crippen LogP contribution in [0.3, 0.4) is 0 Å². The van der Waals surface area contributed by atoms with E-state index in [1.807, 2.05) is 0 Å². The number of aliphatic hydroxyl groups is 1. The Hall–Kier alpha value is -0.160. The molecule has 0 amide bonds. The first-order valence-electron chi connectivity index (χ1n) is 7.03. The number of β-amino-alcohol motifs (C(OH)–C–C–N with tert-alkyl or cyclic N) is 1. The van der Waals surface area contributed by atoms with Crippen LogP contribution < -0.4 is 5.32 Å². The number of nitrogens with one attached hydrogen (secondary N) is 1. The zero-order valence-corrected chi connectivity index (χ0v) is 11.2. The van der Waals surface area contributed by atoms with E-state index < -0.39 is 0 Å². The van der Waals surface area contributed by atoms with Crippen LogP contribution in [0.2, 0.25) is 0 Å². The third kappa shape index (κ3) is 4.21. The molecular formula is C13H27N3O. The van der Waals surface area contributed by atoms with Gasteiger partial charge in [0, 0.05) is 44.8 Å². The van der Waals surface area contributed by atoms with Crippen LogP contribution in [0.4, 0.5) is 0 Å². The molecule has 0 aromatic rings. The molecule has 2 unspecified atom stereocenters. The summed E-state index contributed by atoms with van der Waals surface area (Å²) in [6.45, 7) is 7.15. The summed E-state index contributed by atoms with van der Waals surface area (Å²) in [5.41, 5.74) is 0. The number of rotatable bonds is 6. The van der Waals surface area contributed by atoms with Crippen LogP contribution in [0.1, 0.15) is 26.2 Å². The lowest BCUT2D eigenvalue weighted by Gasteiger charge is -2.39. The molecule has 4 heteroatoms. The summed E-state index contributed by atoms with van der Waals surface area (Å²) in [6, 6.07) is 1.35. The second-order valence-electron chi connectivity index (χ2n) is 5.64. The van der Waals surface area contributed by atoms with E-state index in [2.05, 4.69) is 29.1 Å². The molecular weight excluding hydrogens is 214 g/mol. The molecule has 1 aliphatic heterocycles. The largest absolute Gasteiger partial charge is 0.390 e. The normalized spacial score (nSPS) is 29.5. The predicted molar refractivity (Wildman–Crippen MR) is 70.2 cm³/mol. The van der Waals surface area contributed by atoms with E-state index in [4.69, 9.17) is 0 Å². The molecule has 0 radical (unpaired) electrons. The molecule has 2 aliphatic rings. The minimum absolute atomic E-state index is 0.212. The smallest absolute Gasteiger partial charge is 0.0791 e. The number of likely N-dealkylation sites (N-methyl/N-ethyl adjacent to an activating group) is 1. The number of piperazine rings is 1. The van der Waals surface area contributed by atoms with Gasteiger partial charge in [0.2, 0.25) is 0 Å². The van der Waals surface area contributed by atoms with Gasteiger partial charge in [-0.3, -0.25) is 4.90 Å². The molecule has 2 atom stereocenters. The van der Waals surface area contributed by atoms with Crippen LogP contribution in [0, 0.1) is 0 Å². The maximum Gasteiger partial charge on any atom is 0.0791 e. The highest BCUT2D eigenvalue weighted by Crippen LogP contribution is 2.18. The zero-order valence-electron chi connectivity index (χ0n) is 11.2. The SMILES string of the molecule is CCC1CN(CC(O)CNC2CC2)CCN1C. The molecule has 0 aromatic carbocycles. The van der Waals surface area contributed by atoms with Crippen molar-refractivity contribution in [2.45, 2.75) is 44.4 Å². The highest BCUT2D eigenvalue weighted by atomic mass is 16.3. The maximum atomic E-state index is 9.99. The Kier molecular flexibility index (Phi) is 4.79. The molecule has 2 rings (SSSR count). The standard InChI is InChI=1S/C13H27N3O/c1-3-12-9-16(7-6-15(12)2)10-13(17)8-14-11-4-5-11/h11-14,17H,3-10H2,1-2H3. The predicted octanol–water partition coefficient (Wildman–Crippen LogP) is 0.125. The lowest BCUT2D eigenvalue weighted by molar-refractivity contribution is 0.0505. The van der Waals surface area contributed by atoms with Crippen molar-refractivity contribution in [1.82, 2.24) is 15.1 Å². The summed E-state index contributed by atoms with van der Waals surface area (Å²) in [5.74, 6) is 0. The Bertz CT molecular complexity index is 233. The van der Waals surface area contributed by atoms with Gasteiger partial charge < -0.3 is 15.3 Å². The van der Waals surface area contributed by atoms with Crippen molar-refractivity contribution in [3.63, 3.8) is 0 Å². The molecule has 0 aromatic heterocycles. The van der Waals surface area contributed by atoms with Gasteiger partial charge in [-0.2, -0.15) is 0 Å². The highest BCUT2D eigenvalue weighted by Gasteiger charge is 2.25. The molecule has 0 spiro atoms. The molecule has 1 saturated heterocycles. The van der Waals surface area contributed by atoms with Crippen molar-refractivity contribution in [2.24, 2.45) is 0 Å². The van der Waals surface area contributed by atoms with Crippen LogP contribution in [0.5, 0.6) is 0 Å². The Labute approximate surface area is 105 Å². The molecule has 1 heterocycles. The Morgan fingerprint density at radius 3 is 2.76 bits per heavy atom. The minimum atomic E-state index is -0.212. The van der Waals surface area contributed by atoms with Gasteiger partial charge in [0.15, 0.2) is 0 Å². The molecule has 100 valence electrons. The zero-order chi connectivity index (χ0) is 12.3. The van der Waals surface area contributed by atoms with Crippen molar-refractivity contribution in [2.75, 3.05) is 39.8 Å². The number of nitrogens with zero attached hydrogens (tertiary/aromatic N) is 2. The fourth-order valence-electron chi connectivity index (χ4n) is 2.57. The van der Waals surface area contributed by atoms with E-state index in [9.17, 15) is 5.11 Å². The molecule has 1 saturated carbocycles. The Morgan fingerprint density at radius 2 is 2.12 bits per heavy atom. The summed E-state index contributed by atoms with van der Waals surface area (Å²) in [4.78, 5) is 4.85. The van der Waals surface area contributed by atoms with Gasteiger partial charge in [-0.25, -0.2) is 0 Å². The van der Waals surface area contributed by atoms with E-state index in [0.717, 1.165) is 32.7 Å². The Balaban J connectivity index is 1.66. The van der Waals surface area contributed by atoms with Crippen molar-refractivity contribution in [1.29, 1.82) is 0 Å². The van der Waals surface area contributed by atoms with Gasteiger partial charge in [-0.05, 0) is 26.3 Å². The number of hydrogen-bond donors (Lipinski definition) is 2. The van der Waals surface area contributed by atoms with E-state index >= 15 is 0 Å². The van der Waals surface area contributed by atoms with Crippen molar-refractivity contribution >= 4 is 0 Å². The minimum Gasteiger partial charge on any atom is -0.390 e. The average molecular weight is 241 g/mol. The monoisotopic (exact) mass is 241 g/mol. The first kappa shape index (κ1) is 13.3. The summed E-state index contributed by atoms with van der Waals surface area (Å²) in [7, 11) is 2.20. The molecule has 2 fully saturated rings. The highest BCUT2D eigenvalue weighted by molar-refractivity contribution is 4.84. The summed E-state index contributed by atoms with van der Waals surface area (Å²) < 4.78 is 0. The second-order valence-corrected chi connectivity index (χ2v) is 5.64. The van der Waals surface area contributed by atoms with Gasteiger partial charge in [0.05, 0.1) is 6.10 Å². The van der Waals surface area contributed by atoms with Gasteiger partial charge in [-0.1, -0.05) is 6.92 Å². The summed E-state index contributed by atoms with van der Waals surface area (Å²) in [6.07, 6.45) is 3.57. The van der Waals surface area contributed by atoms with E-state index in [1.165, 1.54) is 19.3 Å². The fourth-order valence-corrected chi connectivity index (χ4v) is 2.57. The maximum absolute atomic E-state index is 9.99. The van der Waals surface area contributed by atoms with E-state index in [-0.39, 0.29) is 6.10 Å². The van der Waals surface area contributed by atoms with Crippen LogP contribution in [-0.4, -0.2) is 72.9 Å². The number of aliphatic hydroxyl groups excluding tert-OH is 1. The quantitative estimate of drug-likeness (QED) is 0.693. The van der Waals surface area contributed by atoms with Crippen molar-refractivity contribution < 1.29 is 5.11 Å².